The molecule has 0 spiro atoms. The first kappa shape index (κ1) is 18.9. The van der Waals surface area contributed by atoms with Gasteiger partial charge in [-0.15, -0.1) is 0 Å². The van der Waals surface area contributed by atoms with Gasteiger partial charge in [-0.25, -0.2) is 14.5 Å². The SMILES string of the molecule is COc1nccc(NC(=O)c2cnn3ccc(N4CCC[C@H]4C(F)(F)F)nc23)n1. The standard InChI is InChI=1S/C17H16F3N7O2/c1-29-16-21-6-4-12(24-16)23-15(28)10-9-22-27-8-5-13(25-14(10)27)26-7-2-3-11(26)17(18,19)20/h4-6,8-9,11H,2-3,7H2,1H3,(H,21,23,24,28)/t11-/m0/s1. The van der Waals surface area contributed by atoms with Crippen LogP contribution in [0.4, 0.5) is 24.8 Å². The van der Waals surface area contributed by atoms with E-state index in [-0.39, 0.29) is 41.8 Å². The Balaban J connectivity index is 1.64. The quantitative estimate of drug-likeness (QED) is 0.709. The molecule has 0 unspecified atom stereocenters. The van der Waals surface area contributed by atoms with Crippen LogP contribution in [0.2, 0.25) is 0 Å². The fourth-order valence-corrected chi connectivity index (χ4v) is 3.25. The minimum absolute atomic E-state index is 0.0124. The number of hydrogen-bond donors (Lipinski definition) is 1. The number of aromatic nitrogens is 5. The van der Waals surface area contributed by atoms with Gasteiger partial charge in [-0.3, -0.25) is 4.79 Å². The molecule has 9 nitrogen and oxygen atoms in total. The van der Waals surface area contributed by atoms with E-state index < -0.39 is 18.1 Å². The molecule has 29 heavy (non-hydrogen) atoms. The monoisotopic (exact) mass is 407 g/mol. The van der Waals surface area contributed by atoms with E-state index in [2.05, 4.69) is 25.4 Å². The molecule has 0 aromatic carbocycles. The van der Waals surface area contributed by atoms with Crippen molar-refractivity contribution >= 4 is 23.2 Å². The molecule has 0 bridgehead atoms. The van der Waals surface area contributed by atoms with Crippen molar-refractivity contribution in [2.24, 2.45) is 0 Å². The fourth-order valence-electron chi connectivity index (χ4n) is 3.25. The van der Waals surface area contributed by atoms with Crippen LogP contribution in [0.25, 0.3) is 5.65 Å². The third-order valence-corrected chi connectivity index (χ3v) is 4.58. The molecule has 3 aromatic heterocycles. The van der Waals surface area contributed by atoms with Gasteiger partial charge in [0, 0.05) is 18.9 Å². The van der Waals surface area contributed by atoms with Crippen molar-refractivity contribution in [1.82, 2.24) is 24.6 Å². The van der Waals surface area contributed by atoms with Gasteiger partial charge in [-0.2, -0.15) is 23.3 Å². The summed E-state index contributed by atoms with van der Waals surface area (Å²) in [5, 5.41) is 6.62. The number of methoxy groups -OCH3 is 1. The first-order valence-electron chi connectivity index (χ1n) is 8.73. The maximum Gasteiger partial charge on any atom is 0.408 e. The van der Waals surface area contributed by atoms with E-state index in [0.717, 1.165) is 0 Å². The smallest absolute Gasteiger partial charge is 0.408 e. The normalized spacial score (nSPS) is 17.0. The van der Waals surface area contributed by atoms with Gasteiger partial charge in [0.15, 0.2) is 5.65 Å². The zero-order valence-corrected chi connectivity index (χ0v) is 15.2. The van der Waals surface area contributed by atoms with Crippen molar-refractivity contribution in [3.63, 3.8) is 0 Å². The Morgan fingerprint density at radius 1 is 1.31 bits per heavy atom. The molecule has 1 aliphatic heterocycles. The molecule has 1 N–H and O–H groups in total. The second-order valence-corrected chi connectivity index (χ2v) is 6.39. The first-order chi connectivity index (χ1) is 13.9. The fraction of sp³-hybridized carbons (Fsp3) is 0.353. The van der Waals surface area contributed by atoms with Crippen molar-refractivity contribution in [2.45, 2.75) is 25.1 Å². The number of alkyl halides is 3. The number of nitrogens with zero attached hydrogens (tertiary/aromatic N) is 6. The summed E-state index contributed by atoms with van der Waals surface area (Å²) in [6, 6.07) is 1.42. The summed E-state index contributed by atoms with van der Waals surface area (Å²) in [6.45, 7) is 0.240. The lowest BCUT2D eigenvalue weighted by atomic mass is 10.2. The van der Waals surface area contributed by atoms with Crippen molar-refractivity contribution in [3.8, 4) is 6.01 Å². The van der Waals surface area contributed by atoms with E-state index in [0.29, 0.717) is 6.42 Å². The van der Waals surface area contributed by atoms with Crippen LogP contribution in [0.3, 0.4) is 0 Å². The number of nitrogens with one attached hydrogen (secondary N) is 1. The van der Waals surface area contributed by atoms with E-state index in [9.17, 15) is 18.0 Å². The molecular weight excluding hydrogens is 391 g/mol. The average molecular weight is 407 g/mol. The number of ether oxygens (including phenoxy) is 1. The second kappa shape index (κ2) is 7.18. The third kappa shape index (κ3) is 3.65. The highest BCUT2D eigenvalue weighted by molar-refractivity contribution is 6.07. The van der Waals surface area contributed by atoms with E-state index >= 15 is 0 Å². The molecule has 4 heterocycles. The number of hydrogen-bond acceptors (Lipinski definition) is 7. The topological polar surface area (TPSA) is 97.5 Å². The van der Waals surface area contributed by atoms with Crippen LogP contribution in [-0.4, -0.2) is 56.3 Å². The largest absolute Gasteiger partial charge is 0.467 e. The first-order valence-corrected chi connectivity index (χ1v) is 8.73. The van der Waals surface area contributed by atoms with Crippen molar-refractivity contribution < 1.29 is 22.7 Å². The zero-order valence-electron chi connectivity index (χ0n) is 15.2. The van der Waals surface area contributed by atoms with Gasteiger partial charge in [0.1, 0.15) is 23.2 Å². The molecule has 152 valence electrons. The van der Waals surface area contributed by atoms with Crippen LogP contribution in [0.5, 0.6) is 6.01 Å². The van der Waals surface area contributed by atoms with Gasteiger partial charge in [0.2, 0.25) is 0 Å². The van der Waals surface area contributed by atoms with Crippen LogP contribution in [0.15, 0.2) is 30.7 Å². The van der Waals surface area contributed by atoms with Crippen LogP contribution >= 0.6 is 0 Å². The van der Waals surface area contributed by atoms with E-state index in [1.807, 2.05) is 0 Å². The van der Waals surface area contributed by atoms with Gasteiger partial charge in [-0.1, -0.05) is 0 Å². The molecule has 0 aliphatic carbocycles. The summed E-state index contributed by atoms with van der Waals surface area (Å²) >= 11 is 0. The summed E-state index contributed by atoms with van der Waals surface area (Å²) in [5.41, 5.74) is 0.251. The Morgan fingerprint density at radius 3 is 2.90 bits per heavy atom. The van der Waals surface area contributed by atoms with Gasteiger partial charge in [-0.05, 0) is 25.0 Å². The molecule has 12 heteroatoms. The van der Waals surface area contributed by atoms with E-state index in [1.54, 1.807) is 0 Å². The molecule has 1 saturated heterocycles. The number of anilines is 2. The molecule has 4 rings (SSSR count). The lowest BCUT2D eigenvalue weighted by Gasteiger charge is -2.27. The Hall–Kier alpha value is -3.44. The molecular formula is C17H16F3N7O2. The number of carbonyl (C=O) groups excluding carboxylic acids is 1. The summed E-state index contributed by atoms with van der Waals surface area (Å²) in [5.74, 6) is -0.205. The lowest BCUT2D eigenvalue weighted by Crippen LogP contribution is -2.41. The average Bonchev–Trinajstić information content (AvgIpc) is 3.34. The number of halogens is 3. The highest BCUT2D eigenvalue weighted by Crippen LogP contribution is 2.35. The van der Waals surface area contributed by atoms with Crippen molar-refractivity contribution in [3.05, 3.63) is 36.3 Å². The number of rotatable bonds is 4. The molecule has 1 aliphatic rings. The minimum atomic E-state index is -4.35. The zero-order chi connectivity index (χ0) is 20.6. The van der Waals surface area contributed by atoms with E-state index in [1.165, 1.54) is 47.2 Å². The molecule has 1 amide bonds. The maximum absolute atomic E-state index is 13.3. The Bertz CT molecular complexity index is 1050. The third-order valence-electron chi connectivity index (χ3n) is 4.58. The van der Waals surface area contributed by atoms with Crippen LogP contribution < -0.4 is 15.0 Å². The predicted molar refractivity (Wildman–Crippen MR) is 95.9 cm³/mol. The van der Waals surface area contributed by atoms with Gasteiger partial charge >= 0.3 is 12.2 Å². The van der Waals surface area contributed by atoms with Crippen LogP contribution in [0.1, 0.15) is 23.2 Å². The Labute approximate surface area is 162 Å². The molecule has 0 saturated carbocycles. The highest BCUT2D eigenvalue weighted by Gasteiger charge is 2.46. The summed E-state index contributed by atoms with van der Waals surface area (Å²) in [4.78, 5) is 26.0. The lowest BCUT2D eigenvalue weighted by molar-refractivity contribution is -0.146. The van der Waals surface area contributed by atoms with Gasteiger partial charge in [0.25, 0.3) is 5.91 Å². The van der Waals surface area contributed by atoms with Crippen LogP contribution in [-0.2, 0) is 0 Å². The molecule has 1 fully saturated rings. The van der Waals surface area contributed by atoms with Crippen LogP contribution in [0, 0.1) is 0 Å². The number of carbonyl (C=O) groups is 1. The summed E-state index contributed by atoms with van der Waals surface area (Å²) < 4.78 is 46.1. The number of fused-ring (bicyclic) bond motifs is 1. The number of amides is 1. The van der Waals surface area contributed by atoms with Crippen molar-refractivity contribution in [1.29, 1.82) is 0 Å². The van der Waals surface area contributed by atoms with E-state index in [4.69, 9.17) is 4.74 Å². The van der Waals surface area contributed by atoms with Crippen molar-refractivity contribution in [2.75, 3.05) is 23.9 Å². The molecule has 3 aromatic rings. The maximum atomic E-state index is 13.3. The second-order valence-electron chi connectivity index (χ2n) is 6.39. The summed E-state index contributed by atoms with van der Waals surface area (Å²) in [7, 11) is 1.39. The predicted octanol–water partition coefficient (Wildman–Crippen LogP) is 2.31. The highest BCUT2D eigenvalue weighted by atomic mass is 19.4. The minimum Gasteiger partial charge on any atom is -0.467 e. The van der Waals surface area contributed by atoms with Gasteiger partial charge < -0.3 is 15.0 Å². The van der Waals surface area contributed by atoms with Gasteiger partial charge in [0.05, 0.1) is 13.3 Å². The molecule has 0 radical (unpaired) electrons. The summed E-state index contributed by atoms with van der Waals surface area (Å²) in [6.07, 6.45) is 0.270. The molecule has 1 atom stereocenters. The Morgan fingerprint density at radius 2 is 2.14 bits per heavy atom. The Kier molecular flexibility index (Phi) is 4.68.